The Bertz CT molecular complexity index is 1400. The third-order valence-electron chi connectivity index (χ3n) is 5.89. The summed E-state index contributed by atoms with van der Waals surface area (Å²) >= 11 is 0. The van der Waals surface area contributed by atoms with Gasteiger partial charge in [-0.3, -0.25) is 0 Å². The first-order chi connectivity index (χ1) is 17.7. The molecule has 0 bridgehead atoms. The summed E-state index contributed by atoms with van der Waals surface area (Å²) in [5, 5.41) is 4.03. The minimum atomic E-state index is -1.23. The summed E-state index contributed by atoms with van der Waals surface area (Å²) in [5.74, 6) is 1.14. The maximum Gasteiger partial charge on any atom is 0.358 e. The second kappa shape index (κ2) is 11.1. The lowest BCUT2D eigenvalue weighted by molar-refractivity contribution is 0.0594. The van der Waals surface area contributed by atoms with Crippen LogP contribution in [-0.4, -0.2) is 59.4 Å². The van der Waals surface area contributed by atoms with Crippen molar-refractivity contribution in [2.75, 3.05) is 26.1 Å². The van der Waals surface area contributed by atoms with Gasteiger partial charge in [0.15, 0.2) is 5.69 Å². The van der Waals surface area contributed by atoms with Crippen LogP contribution in [0.2, 0.25) is 25.7 Å². The van der Waals surface area contributed by atoms with Crippen molar-refractivity contribution in [1.82, 2.24) is 24.5 Å². The van der Waals surface area contributed by atoms with E-state index in [2.05, 4.69) is 44.9 Å². The SMILES string of the molecule is COC(=O)c1nccc2c(-c3cnc(Nc4cnc(OC)cn4)cc3C)cn(COCC[Si](C)(C)C)c12. The number of ether oxygens (including phenoxy) is 3. The van der Waals surface area contributed by atoms with E-state index in [0.717, 1.165) is 28.1 Å². The molecule has 4 aromatic heterocycles. The van der Waals surface area contributed by atoms with E-state index < -0.39 is 14.0 Å². The predicted octanol–water partition coefficient (Wildman–Crippen LogP) is 5.05. The number of nitrogens with zero attached hydrogens (tertiary/aromatic N) is 5. The Kier molecular flexibility index (Phi) is 7.84. The Balaban J connectivity index is 1.68. The second-order valence-electron chi connectivity index (χ2n) is 9.86. The Morgan fingerprint density at radius 2 is 1.81 bits per heavy atom. The number of pyridine rings is 2. The lowest BCUT2D eigenvalue weighted by atomic mass is 10.0. The van der Waals surface area contributed by atoms with Crippen molar-refractivity contribution in [3.63, 3.8) is 0 Å². The molecule has 0 aliphatic carbocycles. The summed E-state index contributed by atoms with van der Waals surface area (Å²) in [7, 11) is 1.67. The molecule has 4 heterocycles. The van der Waals surface area contributed by atoms with Crippen molar-refractivity contribution in [3.8, 4) is 17.0 Å². The minimum absolute atomic E-state index is 0.252. The van der Waals surface area contributed by atoms with Crippen molar-refractivity contribution in [2.45, 2.75) is 39.3 Å². The number of nitrogens with one attached hydrogen (secondary N) is 1. The molecule has 0 radical (unpaired) electrons. The zero-order chi connectivity index (χ0) is 26.6. The molecular weight excluding hydrogens is 488 g/mol. The molecule has 0 aliphatic rings. The first-order valence-electron chi connectivity index (χ1n) is 11.9. The van der Waals surface area contributed by atoms with Crippen LogP contribution in [0.4, 0.5) is 11.6 Å². The standard InChI is InChI=1S/C26H32N6O4Si/c1-17-11-21(31-22-13-30-23(34-2)14-29-22)28-12-19(17)20-15-32(16-36-9-10-37(4,5)6)25-18(20)7-8-27-24(25)26(33)35-3/h7-8,11-15H,9-10,16H2,1-6H3,(H,28,29,31). The quantitative estimate of drug-likeness (QED) is 0.174. The van der Waals surface area contributed by atoms with Crippen molar-refractivity contribution in [1.29, 1.82) is 0 Å². The van der Waals surface area contributed by atoms with E-state index in [9.17, 15) is 4.79 Å². The Morgan fingerprint density at radius 1 is 1.03 bits per heavy atom. The van der Waals surface area contributed by atoms with Gasteiger partial charge in [-0.05, 0) is 30.7 Å². The van der Waals surface area contributed by atoms with Crippen LogP contribution in [0.15, 0.2) is 43.1 Å². The highest BCUT2D eigenvalue weighted by atomic mass is 28.3. The van der Waals surface area contributed by atoms with E-state index in [4.69, 9.17) is 14.2 Å². The van der Waals surface area contributed by atoms with Crippen LogP contribution in [0.25, 0.3) is 22.0 Å². The minimum Gasteiger partial charge on any atom is -0.480 e. The fourth-order valence-corrected chi connectivity index (χ4v) is 4.64. The van der Waals surface area contributed by atoms with Crippen LogP contribution in [0.1, 0.15) is 16.1 Å². The monoisotopic (exact) mass is 520 g/mol. The van der Waals surface area contributed by atoms with Crippen LogP contribution in [0.3, 0.4) is 0 Å². The van der Waals surface area contributed by atoms with Gasteiger partial charge in [0.2, 0.25) is 5.88 Å². The zero-order valence-corrected chi connectivity index (χ0v) is 23.0. The molecule has 4 rings (SSSR count). The second-order valence-corrected chi connectivity index (χ2v) is 15.5. The molecule has 0 amide bonds. The molecule has 1 N–H and O–H groups in total. The third kappa shape index (κ3) is 6.12. The highest BCUT2D eigenvalue weighted by molar-refractivity contribution is 6.76. The molecular formula is C26H32N6O4Si. The average Bonchev–Trinajstić information content (AvgIpc) is 3.24. The van der Waals surface area contributed by atoms with Crippen LogP contribution in [-0.2, 0) is 16.2 Å². The lowest BCUT2D eigenvalue weighted by Crippen LogP contribution is -2.22. The largest absolute Gasteiger partial charge is 0.480 e. The number of carbonyl (C=O) groups excluding carboxylic acids is 1. The molecule has 11 heteroatoms. The molecule has 0 spiro atoms. The number of fused-ring (bicyclic) bond motifs is 1. The van der Waals surface area contributed by atoms with Gasteiger partial charge in [0.25, 0.3) is 0 Å². The van der Waals surface area contributed by atoms with Gasteiger partial charge >= 0.3 is 5.97 Å². The molecule has 0 aromatic carbocycles. The predicted molar refractivity (Wildman–Crippen MR) is 145 cm³/mol. The van der Waals surface area contributed by atoms with Gasteiger partial charge in [-0.1, -0.05) is 19.6 Å². The van der Waals surface area contributed by atoms with Crippen LogP contribution in [0, 0.1) is 6.92 Å². The summed E-state index contributed by atoms with van der Waals surface area (Å²) in [6.45, 7) is 9.92. The number of rotatable bonds is 10. The first-order valence-corrected chi connectivity index (χ1v) is 15.6. The Labute approximate surface area is 217 Å². The lowest BCUT2D eigenvalue weighted by Gasteiger charge is -2.16. The van der Waals surface area contributed by atoms with Gasteiger partial charge < -0.3 is 24.1 Å². The number of aromatic nitrogens is 5. The summed E-state index contributed by atoms with van der Waals surface area (Å²) in [4.78, 5) is 29.9. The molecule has 4 aromatic rings. The number of esters is 1. The van der Waals surface area contributed by atoms with Crippen molar-refractivity contribution >= 4 is 36.6 Å². The fraction of sp³-hybridized carbons (Fsp3) is 0.346. The molecule has 0 fully saturated rings. The van der Waals surface area contributed by atoms with Gasteiger partial charge in [-0.15, -0.1) is 0 Å². The van der Waals surface area contributed by atoms with Crippen LogP contribution < -0.4 is 10.1 Å². The van der Waals surface area contributed by atoms with Gasteiger partial charge in [0, 0.05) is 49.8 Å². The number of hydrogen-bond acceptors (Lipinski definition) is 9. The topological polar surface area (TPSA) is 113 Å². The molecule has 37 heavy (non-hydrogen) atoms. The maximum atomic E-state index is 12.5. The van der Waals surface area contributed by atoms with Crippen LogP contribution >= 0.6 is 0 Å². The molecule has 0 saturated heterocycles. The summed E-state index contributed by atoms with van der Waals surface area (Å²) in [6.07, 6.45) is 8.53. The average molecular weight is 521 g/mol. The fourth-order valence-electron chi connectivity index (χ4n) is 3.88. The van der Waals surface area contributed by atoms with Crippen LogP contribution in [0.5, 0.6) is 5.88 Å². The van der Waals surface area contributed by atoms with Crippen molar-refractivity contribution in [2.24, 2.45) is 0 Å². The van der Waals surface area contributed by atoms with E-state index in [0.29, 0.717) is 36.4 Å². The van der Waals surface area contributed by atoms with Gasteiger partial charge in [0.05, 0.1) is 32.1 Å². The maximum absolute atomic E-state index is 12.5. The number of aryl methyl sites for hydroxylation is 1. The number of carbonyl (C=O) groups is 1. The molecule has 194 valence electrons. The summed E-state index contributed by atoms with van der Waals surface area (Å²) in [6, 6.07) is 4.89. The Hall–Kier alpha value is -3.83. The first kappa shape index (κ1) is 26.2. The van der Waals surface area contributed by atoms with E-state index in [1.165, 1.54) is 13.3 Å². The number of methoxy groups -OCH3 is 2. The molecule has 0 saturated carbocycles. The molecule has 0 unspecified atom stereocenters. The van der Waals surface area contributed by atoms with Gasteiger partial charge in [0.1, 0.15) is 18.4 Å². The van der Waals surface area contributed by atoms with E-state index in [-0.39, 0.29) is 5.69 Å². The highest BCUT2D eigenvalue weighted by Crippen LogP contribution is 2.34. The number of anilines is 2. The smallest absolute Gasteiger partial charge is 0.358 e. The van der Waals surface area contributed by atoms with Crippen molar-refractivity contribution in [3.05, 3.63) is 54.4 Å². The van der Waals surface area contributed by atoms with E-state index >= 15 is 0 Å². The normalized spacial score (nSPS) is 11.5. The Morgan fingerprint density at radius 3 is 2.46 bits per heavy atom. The number of hydrogen-bond donors (Lipinski definition) is 1. The van der Waals surface area contributed by atoms with Gasteiger partial charge in [-0.2, -0.15) is 0 Å². The highest BCUT2D eigenvalue weighted by Gasteiger charge is 2.21. The molecule has 0 aliphatic heterocycles. The molecule has 0 atom stereocenters. The third-order valence-corrected chi connectivity index (χ3v) is 7.59. The van der Waals surface area contributed by atoms with Crippen molar-refractivity contribution < 1.29 is 19.0 Å². The van der Waals surface area contributed by atoms with E-state index in [1.54, 1.807) is 25.7 Å². The van der Waals surface area contributed by atoms with Gasteiger partial charge in [-0.25, -0.2) is 24.7 Å². The van der Waals surface area contributed by atoms with E-state index in [1.807, 2.05) is 29.8 Å². The zero-order valence-electron chi connectivity index (χ0n) is 22.0. The summed E-state index contributed by atoms with van der Waals surface area (Å²) < 4.78 is 18.0. The summed E-state index contributed by atoms with van der Waals surface area (Å²) in [5.41, 5.74) is 3.78. The molecule has 10 nitrogen and oxygen atoms in total.